The summed E-state index contributed by atoms with van der Waals surface area (Å²) < 4.78 is 1.16. The van der Waals surface area contributed by atoms with E-state index >= 15 is 0 Å². The largest absolute Gasteiger partial charge is 0.481 e. The number of hydrogen-bond acceptors (Lipinski definition) is 4. The minimum Gasteiger partial charge on any atom is -0.481 e. The van der Waals surface area contributed by atoms with Gasteiger partial charge in [-0.05, 0) is 47.2 Å². The Balaban J connectivity index is 2.07. The number of halogens is 1. The Kier molecular flexibility index (Phi) is 4.76. The van der Waals surface area contributed by atoms with Gasteiger partial charge in [0.25, 0.3) is 0 Å². The lowest BCUT2D eigenvalue weighted by Gasteiger charge is -2.06. The van der Waals surface area contributed by atoms with Crippen LogP contribution in [-0.4, -0.2) is 16.1 Å². The van der Waals surface area contributed by atoms with Crippen LogP contribution in [0.3, 0.4) is 0 Å². The zero-order valence-corrected chi connectivity index (χ0v) is 13.3. The molecule has 0 bridgehead atoms. The molecule has 0 spiro atoms. The van der Waals surface area contributed by atoms with Crippen LogP contribution in [-0.2, 0) is 11.2 Å². The van der Waals surface area contributed by atoms with Gasteiger partial charge in [0.2, 0.25) is 0 Å². The molecule has 1 heterocycles. The van der Waals surface area contributed by atoms with Gasteiger partial charge in [-0.15, -0.1) is 11.3 Å². The molecule has 0 aliphatic rings. The van der Waals surface area contributed by atoms with Crippen LogP contribution >= 0.6 is 33.9 Å². The Morgan fingerprint density at radius 3 is 3.05 bits per heavy atom. The number of aliphatic carboxylic acids is 1. The monoisotopic (exact) mass is 388 g/mol. The van der Waals surface area contributed by atoms with E-state index in [9.17, 15) is 4.79 Å². The molecule has 6 heteroatoms. The van der Waals surface area contributed by atoms with Gasteiger partial charge < -0.3 is 10.4 Å². The van der Waals surface area contributed by atoms with Crippen molar-refractivity contribution < 1.29 is 9.90 Å². The first-order valence-corrected chi connectivity index (χ1v) is 7.70. The summed E-state index contributed by atoms with van der Waals surface area (Å²) in [5, 5.41) is 14.6. The predicted octanol–water partition coefficient (Wildman–Crippen LogP) is 3.82. The number of hydrogen-bond donors (Lipinski definition) is 2. The fraction of sp³-hybridized carbons (Fsp3) is 0.231. The first-order chi connectivity index (χ1) is 9.04. The molecular weight excluding hydrogens is 375 g/mol. The number of rotatable bonds is 5. The normalized spacial score (nSPS) is 10.4. The van der Waals surface area contributed by atoms with Crippen LogP contribution in [0.2, 0.25) is 0 Å². The molecule has 0 radical (unpaired) electrons. The van der Waals surface area contributed by atoms with Crippen LogP contribution in [0.1, 0.15) is 17.7 Å². The number of thiazole rings is 1. The molecule has 0 amide bonds. The predicted molar refractivity (Wildman–Crippen MR) is 85.2 cm³/mol. The first kappa shape index (κ1) is 14.3. The summed E-state index contributed by atoms with van der Waals surface area (Å²) in [6.07, 6.45) is 0.588. The van der Waals surface area contributed by atoms with Crippen LogP contribution in [0, 0.1) is 10.5 Å². The Bertz CT molecular complexity index is 598. The number of carboxylic acid groups (broad SMARTS) is 1. The molecule has 0 fully saturated rings. The Morgan fingerprint density at radius 2 is 2.32 bits per heavy atom. The molecule has 0 unspecified atom stereocenters. The smallest absolute Gasteiger partial charge is 0.303 e. The highest BCUT2D eigenvalue weighted by atomic mass is 127. The Labute approximate surface area is 129 Å². The minimum atomic E-state index is -0.795. The van der Waals surface area contributed by atoms with Crippen LogP contribution in [0.5, 0.6) is 0 Å². The summed E-state index contributed by atoms with van der Waals surface area (Å²) in [6, 6.07) is 6.18. The maximum Gasteiger partial charge on any atom is 0.303 e. The molecule has 4 nitrogen and oxygen atoms in total. The highest BCUT2D eigenvalue weighted by Crippen LogP contribution is 2.25. The van der Waals surface area contributed by atoms with Gasteiger partial charge in [-0.2, -0.15) is 0 Å². The summed E-state index contributed by atoms with van der Waals surface area (Å²) in [7, 11) is 0. The summed E-state index contributed by atoms with van der Waals surface area (Å²) >= 11 is 3.76. The Hall–Kier alpha value is -1.15. The Morgan fingerprint density at radius 1 is 1.53 bits per heavy atom. The molecule has 2 aromatic rings. The maximum absolute atomic E-state index is 10.5. The molecule has 19 heavy (non-hydrogen) atoms. The van der Waals surface area contributed by atoms with Gasteiger partial charge in [0.15, 0.2) is 5.13 Å². The number of aromatic nitrogens is 1. The number of anilines is 2. The molecule has 0 saturated heterocycles. The van der Waals surface area contributed by atoms with Gasteiger partial charge in [-0.3, -0.25) is 4.79 Å². The number of carboxylic acids is 1. The van der Waals surface area contributed by atoms with Crippen molar-refractivity contribution >= 4 is 50.7 Å². The fourth-order valence-electron chi connectivity index (χ4n) is 1.56. The van der Waals surface area contributed by atoms with E-state index in [1.54, 1.807) is 0 Å². The topological polar surface area (TPSA) is 62.2 Å². The molecule has 100 valence electrons. The number of nitrogens with one attached hydrogen (secondary N) is 1. The third-order valence-corrected chi connectivity index (χ3v) is 4.07. The second-order valence-corrected chi connectivity index (χ2v) is 6.23. The average Bonchev–Trinajstić information content (AvgIpc) is 2.79. The molecule has 2 N–H and O–H groups in total. The number of benzene rings is 1. The van der Waals surface area contributed by atoms with E-state index in [4.69, 9.17) is 5.11 Å². The molecule has 1 aromatic heterocycles. The fourth-order valence-corrected chi connectivity index (χ4v) is 2.81. The number of nitrogens with zero attached hydrogens (tertiary/aromatic N) is 1. The molecular formula is C13H13IN2O2S. The lowest BCUT2D eigenvalue weighted by molar-refractivity contribution is -0.136. The summed E-state index contributed by atoms with van der Waals surface area (Å²) in [4.78, 5) is 14.9. The zero-order chi connectivity index (χ0) is 13.8. The van der Waals surface area contributed by atoms with Gasteiger partial charge in [-0.1, -0.05) is 6.07 Å². The molecule has 0 aliphatic heterocycles. The lowest BCUT2D eigenvalue weighted by Crippen LogP contribution is -1.98. The van der Waals surface area contributed by atoms with E-state index < -0.39 is 5.97 Å². The average molecular weight is 388 g/mol. The van der Waals surface area contributed by atoms with E-state index in [2.05, 4.69) is 51.1 Å². The van der Waals surface area contributed by atoms with E-state index in [1.165, 1.54) is 11.3 Å². The zero-order valence-electron chi connectivity index (χ0n) is 10.3. The minimum absolute atomic E-state index is 0.117. The van der Waals surface area contributed by atoms with Gasteiger partial charge in [0.05, 0.1) is 12.1 Å². The highest BCUT2D eigenvalue weighted by molar-refractivity contribution is 14.1. The van der Waals surface area contributed by atoms with Crippen molar-refractivity contribution in [2.75, 3.05) is 5.32 Å². The van der Waals surface area contributed by atoms with Crippen LogP contribution < -0.4 is 5.32 Å². The molecule has 0 atom stereocenters. The van der Waals surface area contributed by atoms with Crippen molar-refractivity contribution in [3.8, 4) is 0 Å². The van der Waals surface area contributed by atoms with Gasteiger partial charge >= 0.3 is 5.97 Å². The van der Waals surface area contributed by atoms with Crippen molar-refractivity contribution in [2.45, 2.75) is 19.8 Å². The van der Waals surface area contributed by atoms with Crippen LogP contribution in [0.15, 0.2) is 23.6 Å². The third kappa shape index (κ3) is 4.17. The van der Waals surface area contributed by atoms with Crippen molar-refractivity contribution in [1.29, 1.82) is 0 Å². The van der Waals surface area contributed by atoms with Crippen molar-refractivity contribution in [3.05, 3.63) is 38.4 Å². The lowest BCUT2D eigenvalue weighted by atomic mass is 10.2. The van der Waals surface area contributed by atoms with Gasteiger partial charge in [0.1, 0.15) is 0 Å². The standard InChI is InChI=1S/C13H13IN2O2S/c1-8-2-3-9(14)6-11(8)16-13-15-10(7-19-13)4-5-12(17)18/h2-3,6-7H,4-5H2,1H3,(H,15,16)(H,17,18). The number of aryl methyl sites for hydroxylation is 2. The first-order valence-electron chi connectivity index (χ1n) is 5.74. The van der Waals surface area contributed by atoms with Crippen molar-refractivity contribution in [2.24, 2.45) is 0 Å². The molecule has 0 saturated carbocycles. The van der Waals surface area contributed by atoms with Crippen molar-refractivity contribution in [3.63, 3.8) is 0 Å². The third-order valence-electron chi connectivity index (χ3n) is 2.59. The van der Waals surface area contributed by atoms with Gasteiger partial charge in [0, 0.05) is 21.1 Å². The second-order valence-electron chi connectivity index (χ2n) is 4.12. The van der Waals surface area contributed by atoms with Crippen molar-refractivity contribution in [1.82, 2.24) is 4.98 Å². The second kappa shape index (κ2) is 6.33. The summed E-state index contributed by atoms with van der Waals surface area (Å²) in [5.74, 6) is -0.795. The SMILES string of the molecule is Cc1ccc(I)cc1Nc1nc(CCC(=O)O)cs1. The van der Waals surface area contributed by atoms with E-state index in [-0.39, 0.29) is 6.42 Å². The van der Waals surface area contributed by atoms with Crippen LogP contribution in [0.25, 0.3) is 0 Å². The summed E-state index contributed by atoms with van der Waals surface area (Å²) in [6.45, 7) is 2.04. The molecule has 2 rings (SSSR count). The molecule has 1 aromatic carbocycles. The quantitative estimate of drug-likeness (QED) is 0.765. The van der Waals surface area contributed by atoms with E-state index in [1.807, 2.05) is 12.3 Å². The number of carbonyl (C=O) groups is 1. The maximum atomic E-state index is 10.5. The van der Waals surface area contributed by atoms with E-state index in [0.29, 0.717) is 6.42 Å². The molecule has 0 aliphatic carbocycles. The van der Waals surface area contributed by atoms with Gasteiger partial charge in [-0.25, -0.2) is 4.98 Å². The van der Waals surface area contributed by atoms with E-state index in [0.717, 1.165) is 25.6 Å². The summed E-state index contributed by atoms with van der Waals surface area (Å²) in [5.41, 5.74) is 3.01. The highest BCUT2D eigenvalue weighted by Gasteiger charge is 2.06. The van der Waals surface area contributed by atoms with Crippen LogP contribution in [0.4, 0.5) is 10.8 Å².